The number of pyridine rings is 1. The van der Waals surface area contributed by atoms with Crippen LogP contribution >= 0.6 is 0 Å². The van der Waals surface area contributed by atoms with Crippen molar-refractivity contribution in [2.24, 2.45) is 5.73 Å². The second-order valence-corrected chi connectivity index (χ2v) is 6.61. The number of hydrogen-bond donors (Lipinski definition) is 3. The Morgan fingerprint density at radius 3 is 2.27 bits per heavy atom. The van der Waals surface area contributed by atoms with Gasteiger partial charge in [0.25, 0.3) is 0 Å². The maximum Gasteiger partial charge on any atom is 0.137 e. The van der Waals surface area contributed by atoms with Gasteiger partial charge in [-0.05, 0) is 41.3 Å². The molecule has 4 heteroatoms. The standard InChI is InChI=1S/C22H21N3O/c1-15-2-6-17(7-3-15)22(26,14-23)18-8-4-16(5-9-18)19-10-12-24-21-20(19)11-13-25-21/h2-13,26H,14,23H2,1H3,(H,24,25). The summed E-state index contributed by atoms with van der Waals surface area (Å²) >= 11 is 0. The first-order chi connectivity index (χ1) is 12.6. The zero-order valence-corrected chi connectivity index (χ0v) is 14.6. The molecule has 0 aliphatic rings. The fourth-order valence-corrected chi connectivity index (χ4v) is 3.37. The monoisotopic (exact) mass is 343 g/mol. The molecule has 130 valence electrons. The van der Waals surface area contributed by atoms with E-state index in [0.717, 1.165) is 38.9 Å². The summed E-state index contributed by atoms with van der Waals surface area (Å²) < 4.78 is 0. The first kappa shape index (κ1) is 16.5. The summed E-state index contributed by atoms with van der Waals surface area (Å²) in [5, 5.41) is 12.3. The molecule has 0 fully saturated rings. The average Bonchev–Trinajstić information content (AvgIpc) is 3.17. The first-order valence-electron chi connectivity index (χ1n) is 8.64. The van der Waals surface area contributed by atoms with Gasteiger partial charge in [0.15, 0.2) is 0 Å². The average molecular weight is 343 g/mol. The second-order valence-electron chi connectivity index (χ2n) is 6.61. The molecule has 0 radical (unpaired) electrons. The molecular weight excluding hydrogens is 322 g/mol. The van der Waals surface area contributed by atoms with Gasteiger partial charge in [0.2, 0.25) is 0 Å². The summed E-state index contributed by atoms with van der Waals surface area (Å²) in [6.07, 6.45) is 3.69. The van der Waals surface area contributed by atoms with Gasteiger partial charge in [0, 0.05) is 24.3 Å². The Morgan fingerprint density at radius 1 is 0.962 bits per heavy atom. The summed E-state index contributed by atoms with van der Waals surface area (Å²) in [4.78, 5) is 7.46. The third-order valence-electron chi connectivity index (χ3n) is 4.96. The molecule has 0 amide bonds. The minimum atomic E-state index is -1.20. The number of nitrogens with two attached hydrogens (primary N) is 1. The van der Waals surface area contributed by atoms with Crippen molar-refractivity contribution in [3.05, 3.63) is 89.7 Å². The van der Waals surface area contributed by atoms with Gasteiger partial charge in [-0.15, -0.1) is 0 Å². The molecule has 26 heavy (non-hydrogen) atoms. The molecule has 4 nitrogen and oxygen atoms in total. The van der Waals surface area contributed by atoms with Gasteiger partial charge in [-0.2, -0.15) is 0 Å². The Kier molecular flexibility index (Phi) is 4.07. The van der Waals surface area contributed by atoms with E-state index in [-0.39, 0.29) is 6.54 Å². The predicted octanol–water partition coefficient (Wildman–Crippen LogP) is 3.73. The number of benzene rings is 2. The zero-order chi connectivity index (χ0) is 18.1. The van der Waals surface area contributed by atoms with Crippen LogP contribution in [0.4, 0.5) is 0 Å². The van der Waals surface area contributed by atoms with E-state index in [1.165, 1.54) is 0 Å². The lowest BCUT2D eigenvalue weighted by Gasteiger charge is -2.28. The van der Waals surface area contributed by atoms with Gasteiger partial charge in [-0.3, -0.25) is 0 Å². The Bertz CT molecular complexity index is 1040. The molecule has 4 N–H and O–H groups in total. The van der Waals surface area contributed by atoms with Gasteiger partial charge < -0.3 is 15.8 Å². The molecule has 1 atom stereocenters. The summed E-state index contributed by atoms with van der Waals surface area (Å²) in [6, 6.07) is 19.8. The number of aliphatic hydroxyl groups is 1. The number of nitrogens with zero attached hydrogens (tertiary/aromatic N) is 1. The van der Waals surface area contributed by atoms with Crippen molar-refractivity contribution in [2.75, 3.05) is 6.54 Å². The van der Waals surface area contributed by atoms with E-state index in [9.17, 15) is 5.11 Å². The second kappa shape index (κ2) is 6.41. The minimum Gasteiger partial charge on any atom is -0.379 e. The highest BCUT2D eigenvalue weighted by molar-refractivity contribution is 5.92. The third-order valence-corrected chi connectivity index (χ3v) is 4.96. The van der Waals surface area contributed by atoms with Crippen LogP contribution in [0.15, 0.2) is 73.1 Å². The van der Waals surface area contributed by atoms with Crippen LogP contribution in [0.2, 0.25) is 0 Å². The summed E-state index contributed by atoms with van der Waals surface area (Å²) in [5.41, 5.74) is 10.5. The highest BCUT2D eigenvalue weighted by Crippen LogP contribution is 2.32. The Morgan fingerprint density at radius 2 is 1.62 bits per heavy atom. The van der Waals surface area contributed by atoms with Crippen molar-refractivity contribution in [1.82, 2.24) is 9.97 Å². The van der Waals surface area contributed by atoms with E-state index in [0.29, 0.717) is 0 Å². The fourth-order valence-electron chi connectivity index (χ4n) is 3.37. The molecule has 0 spiro atoms. The highest BCUT2D eigenvalue weighted by atomic mass is 16.3. The van der Waals surface area contributed by atoms with E-state index in [4.69, 9.17) is 5.73 Å². The van der Waals surface area contributed by atoms with Crippen molar-refractivity contribution < 1.29 is 5.11 Å². The van der Waals surface area contributed by atoms with Crippen molar-refractivity contribution in [3.8, 4) is 11.1 Å². The number of hydrogen-bond acceptors (Lipinski definition) is 3. The molecule has 0 bridgehead atoms. The lowest BCUT2D eigenvalue weighted by Crippen LogP contribution is -2.36. The highest BCUT2D eigenvalue weighted by Gasteiger charge is 2.29. The molecule has 2 aromatic carbocycles. The molecular formula is C22H21N3O. The largest absolute Gasteiger partial charge is 0.379 e. The van der Waals surface area contributed by atoms with Gasteiger partial charge in [-0.1, -0.05) is 54.1 Å². The Labute approximate surface area is 152 Å². The summed E-state index contributed by atoms with van der Waals surface area (Å²) in [5.74, 6) is 0. The van der Waals surface area contributed by atoms with Crippen LogP contribution in [0, 0.1) is 6.92 Å². The molecule has 2 heterocycles. The predicted molar refractivity (Wildman–Crippen MR) is 105 cm³/mol. The SMILES string of the molecule is Cc1ccc(C(O)(CN)c2ccc(-c3ccnc4[nH]ccc34)cc2)cc1. The molecule has 4 aromatic rings. The van der Waals surface area contributed by atoms with Crippen LogP contribution < -0.4 is 5.73 Å². The van der Waals surface area contributed by atoms with Gasteiger partial charge in [-0.25, -0.2) is 4.98 Å². The number of aromatic amines is 1. The van der Waals surface area contributed by atoms with Crippen LogP contribution in [0.3, 0.4) is 0 Å². The number of nitrogens with one attached hydrogen (secondary N) is 1. The molecule has 4 rings (SSSR count). The molecule has 0 saturated heterocycles. The van der Waals surface area contributed by atoms with Crippen molar-refractivity contribution in [3.63, 3.8) is 0 Å². The minimum absolute atomic E-state index is 0.118. The molecule has 2 aromatic heterocycles. The zero-order valence-electron chi connectivity index (χ0n) is 14.6. The molecule has 0 aliphatic carbocycles. The normalized spacial score (nSPS) is 13.7. The number of fused-ring (bicyclic) bond motifs is 1. The number of aromatic nitrogens is 2. The molecule has 0 aliphatic heterocycles. The van der Waals surface area contributed by atoms with Crippen molar-refractivity contribution >= 4 is 11.0 Å². The van der Waals surface area contributed by atoms with Crippen LogP contribution in [0.5, 0.6) is 0 Å². The van der Waals surface area contributed by atoms with E-state index in [1.54, 1.807) is 6.20 Å². The van der Waals surface area contributed by atoms with Gasteiger partial charge >= 0.3 is 0 Å². The Hall–Kier alpha value is -2.95. The van der Waals surface area contributed by atoms with Crippen LogP contribution in [-0.4, -0.2) is 21.6 Å². The first-order valence-corrected chi connectivity index (χ1v) is 8.64. The Balaban J connectivity index is 1.75. The van der Waals surface area contributed by atoms with Gasteiger partial charge in [0.05, 0.1) is 0 Å². The van der Waals surface area contributed by atoms with Crippen LogP contribution in [0.25, 0.3) is 22.2 Å². The number of H-pyrrole nitrogens is 1. The van der Waals surface area contributed by atoms with E-state index >= 15 is 0 Å². The van der Waals surface area contributed by atoms with Crippen LogP contribution in [-0.2, 0) is 5.60 Å². The number of rotatable bonds is 4. The van der Waals surface area contributed by atoms with Crippen LogP contribution in [0.1, 0.15) is 16.7 Å². The lowest BCUT2D eigenvalue weighted by atomic mass is 9.85. The lowest BCUT2D eigenvalue weighted by molar-refractivity contribution is 0.0902. The number of aryl methyl sites for hydroxylation is 1. The maximum absolute atomic E-state index is 11.2. The maximum atomic E-state index is 11.2. The summed E-state index contributed by atoms with van der Waals surface area (Å²) in [6.45, 7) is 2.14. The van der Waals surface area contributed by atoms with E-state index in [1.807, 2.05) is 73.8 Å². The summed E-state index contributed by atoms with van der Waals surface area (Å²) in [7, 11) is 0. The molecule has 0 saturated carbocycles. The van der Waals surface area contributed by atoms with Crippen molar-refractivity contribution in [2.45, 2.75) is 12.5 Å². The molecule has 1 unspecified atom stereocenters. The van der Waals surface area contributed by atoms with Crippen molar-refractivity contribution in [1.29, 1.82) is 0 Å². The van der Waals surface area contributed by atoms with E-state index < -0.39 is 5.60 Å². The van der Waals surface area contributed by atoms with E-state index in [2.05, 4.69) is 9.97 Å². The third kappa shape index (κ3) is 2.69. The topological polar surface area (TPSA) is 74.9 Å². The quantitative estimate of drug-likeness (QED) is 0.528. The fraction of sp³-hybridized carbons (Fsp3) is 0.136. The smallest absolute Gasteiger partial charge is 0.137 e. The van der Waals surface area contributed by atoms with Gasteiger partial charge in [0.1, 0.15) is 11.2 Å².